The predicted octanol–water partition coefficient (Wildman–Crippen LogP) is 4.00. The summed E-state index contributed by atoms with van der Waals surface area (Å²) in [6.07, 6.45) is 0.520. The van der Waals surface area contributed by atoms with Crippen LogP contribution < -0.4 is 16.0 Å². The summed E-state index contributed by atoms with van der Waals surface area (Å²) < 4.78 is 0. The van der Waals surface area contributed by atoms with Gasteiger partial charge >= 0.3 is 0 Å². The topological polar surface area (TPSA) is 78.4 Å². The SMILES string of the molecule is CCNC(=NCc1cccc(NC(=O)CC(C)C)c1)NCc1nc(C)c(C)s1. The summed E-state index contributed by atoms with van der Waals surface area (Å²) in [5.41, 5.74) is 2.94. The van der Waals surface area contributed by atoms with Crippen molar-refractivity contribution in [3.8, 4) is 0 Å². The van der Waals surface area contributed by atoms with Gasteiger partial charge in [0, 0.05) is 23.5 Å². The third-order valence-corrected chi connectivity index (χ3v) is 5.12. The Hall–Kier alpha value is -2.41. The maximum Gasteiger partial charge on any atom is 0.224 e. The number of hydrogen-bond donors (Lipinski definition) is 3. The van der Waals surface area contributed by atoms with Crippen LogP contribution >= 0.6 is 11.3 Å². The Labute approximate surface area is 171 Å². The minimum absolute atomic E-state index is 0.0414. The summed E-state index contributed by atoms with van der Waals surface area (Å²) in [5.74, 6) is 1.13. The molecule has 3 N–H and O–H groups in total. The molecule has 0 aliphatic heterocycles. The van der Waals surface area contributed by atoms with Crippen LogP contribution in [0.4, 0.5) is 5.69 Å². The molecule has 1 amide bonds. The first-order valence-electron chi connectivity index (χ1n) is 9.71. The molecule has 0 spiro atoms. The van der Waals surface area contributed by atoms with Gasteiger partial charge in [-0.3, -0.25) is 4.79 Å². The molecule has 0 bridgehead atoms. The number of thiazole rings is 1. The number of anilines is 1. The Morgan fingerprint density at radius 2 is 2.04 bits per heavy atom. The number of hydrogen-bond acceptors (Lipinski definition) is 4. The van der Waals surface area contributed by atoms with Gasteiger partial charge in [0.1, 0.15) is 5.01 Å². The predicted molar refractivity (Wildman–Crippen MR) is 118 cm³/mol. The number of carbonyl (C=O) groups is 1. The molecule has 0 aliphatic carbocycles. The fourth-order valence-electron chi connectivity index (χ4n) is 2.62. The molecule has 2 rings (SSSR count). The summed E-state index contributed by atoms with van der Waals surface area (Å²) in [4.78, 5) is 22.4. The quantitative estimate of drug-likeness (QED) is 0.461. The Balaban J connectivity index is 1.97. The number of carbonyl (C=O) groups excluding carboxylic acids is 1. The first-order valence-corrected chi connectivity index (χ1v) is 10.5. The molecular weight excluding hydrogens is 370 g/mol. The number of aromatic nitrogens is 1. The lowest BCUT2D eigenvalue weighted by molar-refractivity contribution is -0.116. The van der Waals surface area contributed by atoms with E-state index in [2.05, 4.69) is 32.9 Å². The highest BCUT2D eigenvalue weighted by Crippen LogP contribution is 2.16. The highest BCUT2D eigenvalue weighted by molar-refractivity contribution is 7.11. The molecule has 1 aromatic carbocycles. The second kappa shape index (κ2) is 10.8. The minimum Gasteiger partial charge on any atom is -0.357 e. The van der Waals surface area contributed by atoms with E-state index in [9.17, 15) is 4.79 Å². The van der Waals surface area contributed by atoms with Crippen molar-refractivity contribution in [3.05, 3.63) is 45.4 Å². The lowest BCUT2D eigenvalue weighted by atomic mass is 10.1. The van der Waals surface area contributed by atoms with Crippen LogP contribution in [0.2, 0.25) is 0 Å². The molecule has 0 fully saturated rings. The second-order valence-electron chi connectivity index (χ2n) is 7.14. The Morgan fingerprint density at radius 1 is 1.25 bits per heavy atom. The standard InChI is InChI=1S/C21H31N5OS/c1-6-22-21(24-13-20-25-15(4)16(5)28-20)23-12-17-8-7-9-18(11-17)26-19(27)10-14(2)3/h7-9,11,14H,6,10,12-13H2,1-5H3,(H,26,27)(H2,22,23,24). The number of benzene rings is 1. The maximum atomic E-state index is 12.0. The lowest BCUT2D eigenvalue weighted by Gasteiger charge is -2.11. The normalized spacial score (nSPS) is 11.6. The van der Waals surface area contributed by atoms with Gasteiger partial charge in [0.25, 0.3) is 0 Å². The van der Waals surface area contributed by atoms with Gasteiger partial charge in [-0.15, -0.1) is 11.3 Å². The molecule has 152 valence electrons. The summed E-state index contributed by atoms with van der Waals surface area (Å²) >= 11 is 1.70. The second-order valence-corrected chi connectivity index (χ2v) is 8.43. The fourth-order valence-corrected chi connectivity index (χ4v) is 3.49. The zero-order valence-corrected chi connectivity index (χ0v) is 18.2. The van der Waals surface area contributed by atoms with Crippen LogP contribution in [0.25, 0.3) is 0 Å². The van der Waals surface area contributed by atoms with E-state index in [4.69, 9.17) is 0 Å². The molecule has 1 heterocycles. The van der Waals surface area contributed by atoms with E-state index in [1.807, 2.05) is 52.0 Å². The number of amides is 1. The van der Waals surface area contributed by atoms with Gasteiger partial charge in [0.05, 0.1) is 18.8 Å². The smallest absolute Gasteiger partial charge is 0.224 e. The van der Waals surface area contributed by atoms with Crippen LogP contribution in [0.15, 0.2) is 29.3 Å². The van der Waals surface area contributed by atoms with Crippen molar-refractivity contribution in [2.45, 2.75) is 54.1 Å². The highest BCUT2D eigenvalue weighted by Gasteiger charge is 2.07. The van der Waals surface area contributed by atoms with Gasteiger partial charge in [-0.2, -0.15) is 0 Å². The molecule has 1 aromatic heterocycles. The van der Waals surface area contributed by atoms with E-state index >= 15 is 0 Å². The molecule has 7 heteroatoms. The average Bonchev–Trinajstić information content (AvgIpc) is 2.95. The van der Waals surface area contributed by atoms with Crippen molar-refractivity contribution in [3.63, 3.8) is 0 Å². The minimum atomic E-state index is 0.0414. The zero-order chi connectivity index (χ0) is 20.5. The first kappa shape index (κ1) is 21.9. The average molecular weight is 402 g/mol. The summed E-state index contributed by atoms with van der Waals surface area (Å²) in [6, 6.07) is 7.83. The number of nitrogens with one attached hydrogen (secondary N) is 3. The number of aliphatic imine (C=N–C) groups is 1. The monoisotopic (exact) mass is 401 g/mol. The largest absolute Gasteiger partial charge is 0.357 e. The third kappa shape index (κ3) is 7.31. The zero-order valence-electron chi connectivity index (χ0n) is 17.4. The summed E-state index contributed by atoms with van der Waals surface area (Å²) in [6.45, 7) is 12.2. The molecule has 0 saturated carbocycles. The van der Waals surface area contributed by atoms with E-state index in [0.717, 1.165) is 34.5 Å². The van der Waals surface area contributed by atoms with Crippen molar-refractivity contribution in [2.75, 3.05) is 11.9 Å². The van der Waals surface area contributed by atoms with Crippen molar-refractivity contribution in [2.24, 2.45) is 10.9 Å². The Morgan fingerprint density at radius 3 is 2.68 bits per heavy atom. The number of nitrogens with zero attached hydrogens (tertiary/aromatic N) is 2. The third-order valence-electron chi connectivity index (χ3n) is 4.05. The first-order chi connectivity index (χ1) is 13.4. The van der Waals surface area contributed by atoms with E-state index < -0.39 is 0 Å². The molecule has 0 atom stereocenters. The Bertz CT molecular complexity index is 793. The van der Waals surface area contributed by atoms with Crippen LogP contribution in [0.5, 0.6) is 0 Å². The van der Waals surface area contributed by atoms with Gasteiger partial charge < -0.3 is 16.0 Å². The van der Waals surface area contributed by atoms with E-state index in [0.29, 0.717) is 25.4 Å². The van der Waals surface area contributed by atoms with Gasteiger partial charge in [0.15, 0.2) is 5.96 Å². The molecular formula is C21H31N5OS. The van der Waals surface area contributed by atoms with Crippen LogP contribution in [0.3, 0.4) is 0 Å². The van der Waals surface area contributed by atoms with Crippen LogP contribution in [0.1, 0.15) is 48.3 Å². The van der Waals surface area contributed by atoms with E-state index in [1.54, 1.807) is 11.3 Å². The van der Waals surface area contributed by atoms with Gasteiger partial charge in [-0.1, -0.05) is 26.0 Å². The lowest BCUT2D eigenvalue weighted by Crippen LogP contribution is -2.36. The number of aryl methyl sites for hydroxylation is 2. The van der Waals surface area contributed by atoms with Gasteiger partial charge in [-0.25, -0.2) is 9.98 Å². The van der Waals surface area contributed by atoms with Crippen molar-refractivity contribution in [1.29, 1.82) is 0 Å². The fraction of sp³-hybridized carbons (Fsp3) is 0.476. The van der Waals surface area contributed by atoms with E-state index in [1.165, 1.54) is 4.88 Å². The molecule has 0 unspecified atom stereocenters. The molecule has 0 radical (unpaired) electrons. The molecule has 0 aliphatic rings. The summed E-state index contributed by atoms with van der Waals surface area (Å²) in [5, 5.41) is 10.6. The van der Waals surface area contributed by atoms with E-state index in [-0.39, 0.29) is 5.91 Å². The molecule has 2 aromatic rings. The maximum absolute atomic E-state index is 12.0. The number of guanidine groups is 1. The molecule has 28 heavy (non-hydrogen) atoms. The van der Waals surface area contributed by atoms with Crippen molar-refractivity contribution in [1.82, 2.24) is 15.6 Å². The van der Waals surface area contributed by atoms with Crippen LogP contribution in [-0.4, -0.2) is 23.4 Å². The Kier molecular flexibility index (Phi) is 8.44. The number of rotatable bonds is 8. The highest BCUT2D eigenvalue weighted by atomic mass is 32.1. The summed E-state index contributed by atoms with van der Waals surface area (Å²) in [7, 11) is 0. The molecule has 0 saturated heterocycles. The van der Waals surface area contributed by atoms with Crippen molar-refractivity contribution < 1.29 is 4.79 Å². The van der Waals surface area contributed by atoms with Gasteiger partial charge in [0.2, 0.25) is 5.91 Å². The van der Waals surface area contributed by atoms with Crippen LogP contribution in [0, 0.1) is 19.8 Å². The van der Waals surface area contributed by atoms with Crippen molar-refractivity contribution >= 4 is 28.9 Å². The van der Waals surface area contributed by atoms with Gasteiger partial charge in [-0.05, 0) is 44.4 Å². The van der Waals surface area contributed by atoms with Crippen LogP contribution in [-0.2, 0) is 17.9 Å². The molecule has 6 nitrogen and oxygen atoms in total.